The smallest absolute Gasteiger partial charge is 0.195 e. The predicted octanol–water partition coefficient (Wildman–Crippen LogP) is 4.25. The van der Waals surface area contributed by atoms with Crippen molar-refractivity contribution in [2.45, 2.75) is 19.3 Å². The number of nitrogen functional groups attached to an aromatic ring is 1. The van der Waals surface area contributed by atoms with Gasteiger partial charge in [0, 0.05) is 16.8 Å². The maximum atomic E-state index is 13.1. The Morgan fingerprint density at radius 2 is 2.05 bits per heavy atom. The molecule has 1 heterocycles. The van der Waals surface area contributed by atoms with E-state index in [0.717, 1.165) is 46.2 Å². The average molecular weight is 329 g/mol. The zero-order valence-corrected chi connectivity index (χ0v) is 13.3. The van der Waals surface area contributed by atoms with Crippen molar-refractivity contribution in [1.82, 2.24) is 4.98 Å². The van der Waals surface area contributed by atoms with Crippen molar-refractivity contribution in [1.29, 1.82) is 0 Å². The molecule has 0 radical (unpaired) electrons. The molecule has 0 spiro atoms. The Bertz CT molecular complexity index is 916. The van der Waals surface area contributed by atoms with Crippen LogP contribution in [0.1, 0.15) is 33.5 Å². The summed E-state index contributed by atoms with van der Waals surface area (Å²) >= 11 is 7.42. The van der Waals surface area contributed by atoms with Gasteiger partial charge in [-0.2, -0.15) is 0 Å². The summed E-state index contributed by atoms with van der Waals surface area (Å²) in [6.45, 7) is 0. The van der Waals surface area contributed by atoms with E-state index in [1.807, 2.05) is 30.3 Å². The summed E-state index contributed by atoms with van der Waals surface area (Å²) in [5.74, 6) is 0.0305. The van der Waals surface area contributed by atoms with Crippen molar-refractivity contribution in [3.63, 3.8) is 0 Å². The second-order valence-corrected chi connectivity index (χ2v) is 7.05. The number of anilines is 1. The highest BCUT2D eigenvalue weighted by Gasteiger charge is 2.24. The molecule has 0 atom stereocenters. The molecule has 0 saturated heterocycles. The molecule has 5 heteroatoms. The summed E-state index contributed by atoms with van der Waals surface area (Å²) in [6.07, 6.45) is 2.66. The fourth-order valence-corrected chi connectivity index (χ4v) is 4.33. The van der Waals surface area contributed by atoms with Gasteiger partial charge in [-0.1, -0.05) is 29.8 Å². The molecular weight excluding hydrogens is 316 g/mol. The average Bonchev–Trinajstić information content (AvgIpc) is 2.86. The van der Waals surface area contributed by atoms with E-state index in [9.17, 15) is 4.79 Å². The number of nitrogens with zero attached hydrogens (tertiary/aromatic N) is 1. The van der Waals surface area contributed by atoms with Crippen LogP contribution in [0.5, 0.6) is 0 Å². The van der Waals surface area contributed by atoms with Crippen LogP contribution in [0.4, 0.5) is 5.69 Å². The molecule has 3 nitrogen and oxygen atoms in total. The van der Waals surface area contributed by atoms with Crippen molar-refractivity contribution >= 4 is 44.6 Å². The molecule has 0 unspecified atom stereocenters. The van der Waals surface area contributed by atoms with Crippen LogP contribution in [0.15, 0.2) is 30.3 Å². The van der Waals surface area contributed by atoms with Gasteiger partial charge < -0.3 is 5.73 Å². The van der Waals surface area contributed by atoms with Crippen molar-refractivity contribution in [3.8, 4) is 0 Å². The third kappa shape index (κ3) is 2.02. The summed E-state index contributed by atoms with van der Waals surface area (Å²) < 4.78 is 1.34. The second kappa shape index (κ2) is 5.07. The largest absolute Gasteiger partial charge is 0.398 e. The topological polar surface area (TPSA) is 56.0 Å². The van der Waals surface area contributed by atoms with Crippen LogP contribution in [-0.4, -0.2) is 10.8 Å². The normalized spacial score (nSPS) is 14.3. The molecule has 1 aromatic heterocycles. The minimum atomic E-state index is 0.0305. The van der Waals surface area contributed by atoms with Crippen LogP contribution in [-0.2, 0) is 12.8 Å². The highest BCUT2D eigenvalue weighted by atomic mass is 35.5. The number of halogens is 1. The number of thiazole rings is 1. The zero-order chi connectivity index (χ0) is 15.3. The van der Waals surface area contributed by atoms with Crippen LogP contribution >= 0.6 is 22.9 Å². The fraction of sp³-hybridized carbons (Fsp3) is 0.176. The molecule has 0 aliphatic heterocycles. The first kappa shape index (κ1) is 13.7. The number of ketones is 1. The number of nitrogens with two attached hydrogens (primary N) is 1. The molecule has 1 aliphatic carbocycles. The van der Waals surface area contributed by atoms with Gasteiger partial charge in [-0.05, 0) is 42.5 Å². The van der Waals surface area contributed by atoms with Crippen LogP contribution in [0.25, 0.3) is 10.2 Å². The number of hydrogen-bond donors (Lipinski definition) is 1. The van der Waals surface area contributed by atoms with Gasteiger partial charge >= 0.3 is 0 Å². The molecule has 1 aliphatic rings. The Morgan fingerprint density at radius 3 is 2.91 bits per heavy atom. The van der Waals surface area contributed by atoms with Gasteiger partial charge in [-0.3, -0.25) is 4.79 Å². The molecule has 3 aromatic rings. The van der Waals surface area contributed by atoms with E-state index in [4.69, 9.17) is 17.3 Å². The highest BCUT2D eigenvalue weighted by molar-refractivity contribution is 7.22. The first-order valence-electron chi connectivity index (χ1n) is 7.15. The summed E-state index contributed by atoms with van der Waals surface area (Å²) in [5, 5.41) is 0. The minimum Gasteiger partial charge on any atom is -0.398 e. The van der Waals surface area contributed by atoms with Gasteiger partial charge in [-0.15, -0.1) is 11.3 Å². The lowest BCUT2D eigenvalue weighted by molar-refractivity contribution is 0.103. The first-order valence-corrected chi connectivity index (χ1v) is 8.34. The zero-order valence-electron chi connectivity index (χ0n) is 11.7. The number of aromatic nitrogens is 1. The standard InChI is InChI=1S/C17H13ClN2OS/c18-17-20-13-8-7-9-3-1-4-10-11(5-2-6-12(10)19)15(21)14(9)16(13)22-17/h2,5-8H,1,3-4,19H2. The minimum absolute atomic E-state index is 0.0305. The molecule has 110 valence electrons. The fourth-order valence-electron chi connectivity index (χ4n) is 3.15. The lowest BCUT2D eigenvalue weighted by Crippen LogP contribution is -2.14. The Hall–Kier alpha value is -1.91. The van der Waals surface area contributed by atoms with Gasteiger partial charge in [0.05, 0.1) is 10.2 Å². The van der Waals surface area contributed by atoms with Gasteiger partial charge in [0.15, 0.2) is 10.3 Å². The second-order valence-electron chi connectivity index (χ2n) is 5.47. The first-order chi connectivity index (χ1) is 10.6. The van der Waals surface area contributed by atoms with Crippen LogP contribution in [0, 0.1) is 0 Å². The lowest BCUT2D eigenvalue weighted by atomic mass is 9.87. The monoisotopic (exact) mass is 328 g/mol. The van der Waals surface area contributed by atoms with E-state index in [0.29, 0.717) is 15.7 Å². The molecule has 2 aromatic carbocycles. The number of carbonyl (C=O) groups is 1. The maximum Gasteiger partial charge on any atom is 0.195 e. The summed E-state index contributed by atoms with van der Waals surface area (Å²) in [7, 11) is 0. The third-order valence-electron chi connectivity index (χ3n) is 4.17. The molecule has 0 bridgehead atoms. The van der Waals surface area contributed by atoms with Crippen LogP contribution < -0.4 is 5.73 Å². The van der Waals surface area contributed by atoms with Crippen LogP contribution in [0.3, 0.4) is 0 Å². The molecular formula is C17H13ClN2OS. The van der Waals surface area contributed by atoms with Crippen molar-refractivity contribution in [2.75, 3.05) is 5.73 Å². The molecule has 0 saturated carbocycles. The van der Waals surface area contributed by atoms with E-state index in [-0.39, 0.29) is 5.78 Å². The molecule has 22 heavy (non-hydrogen) atoms. The lowest BCUT2D eigenvalue weighted by Gasteiger charge is -2.17. The van der Waals surface area contributed by atoms with Crippen molar-refractivity contribution < 1.29 is 4.79 Å². The number of rotatable bonds is 0. The Morgan fingerprint density at radius 1 is 1.18 bits per heavy atom. The van der Waals surface area contributed by atoms with Crippen LogP contribution in [0.2, 0.25) is 4.47 Å². The van der Waals surface area contributed by atoms with Crippen molar-refractivity contribution in [3.05, 3.63) is 57.1 Å². The summed E-state index contributed by atoms with van der Waals surface area (Å²) in [5.41, 5.74) is 11.0. The van der Waals surface area contributed by atoms with E-state index in [1.165, 1.54) is 11.3 Å². The molecule has 2 N–H and O–H groups in total. The number of benzene rings is 2. The quantitative estimate of drug-likeness (QED) is 0.627. The predicted molar refractivity (Wildman–Crippen MR) is 90.9 cm³/mol. The molecule has 0 amide bonds. The Balaban J connectivity index is 2.03. The maximum absolute atomic E-state index is 13.1. The van der Waals surface area contributed by atoms with E-state index in [1.54, 1.807) is 0 Å². The number of hydrogen-bond acceptors (Lipinski definition) is 4. The number of aryl methyl sites for hydroxylation is 1. The van der Waals surface area contributed by atoms with Gasteiger partial charge in [0.1, 0.15) is 0 Å². The molecule has 4 rings (SSSR count). The van der Waals surface area contributed by atoms with Gasteiger partial charge in [-0.25, -0.2) is 4.98 Å². The SMILES string of the molecule is Nc1cccc2c1CCCc1ccc3nc(Cl)sc3c1C2=O. The third-order valence-corrected chi connectivity index (χ3v) is 5.37. The Kier molecular flexibility index (Phi) is 3.17. The Labute approximate surface area is 136 Å². The van der Waals surface area contributed by atoms with Gasteiger partial charge in [0.2, 0.25) is 0 Å². The summed E-state index contributed by atoms with van der Waals surface area (Å²) in [4.78, 5) is 17.4. The number of fused-ring (bicyclic) bond motifs is 4. The van der Waals surface area contributed by atoms with E-state index >= 15 is 0 Å². The van der Waals surface area contributed by atoms with Gasteiger partial charge in [0.25, 0.3) is 0 Å². The number of carbonyl (C=O) groups excluding carboxylic acids is 1. The highest BCUT2D eigenvalue weighted by Crippen LogP contribution is 2.35. The van der Waals surface area contributed by atoms with Crippen molar-refractivity contribution in [2.24, 2.45) is 0 Å². The molecule has 0 fully saturated rings. The summed E-state index contributed by atoms with van der Waals surface area (Å²) in [6, 6.07) is 9.52. The van der Waals surface area contributed by atoms with E-state index < -0.39 is 0 Å². The van der Waals surface area contributed by atoms with E-state index in [2.05, 4.69) is 4.98 Å².